The average molecular weight is 269 g/mol. The Morgan fingerprint density at radius 1 is 1.20 bits per heavy atom. The third kappa shape index (κ3) is 3.57. The van der Waals surface area contributed by atoms with Crippen LogP contribution in [0.3, 0.4) is 0 Å². The molecule has 0 saturated heterocycles. The van der Waals surface area contributed by atoms with Gasteiger partial charge in [0.15, 0.2) is 0 Å². The van der Waals surface area contributed by atoms with Gasteiger partial charge in [0, 0.05) is 7.05 Å². The molecule has 0 fully saturated rings. The van der Waals surface area contributed by atoms with E-state index in [4.69, 9.17) is 0 Å². The van der Waals surface area contributed by atoms with Crippen LogP contribution in [0.15, 0.2) is 36.5 Å². The summed E-state index contributed by atoms with van der Waals surface area (Å²) in [4.78, 5) is 16.2. The molecule has 0 unspecified atom stereocenters. The fourth-order valence-corrected chi connectivity index (χ4v) is 2.04. The standard InChI is InChI=1S/C16H19N3O/c1-11-4-5-13(12(2)8-11)9-16(20)19-14-6-7-15(17-3)18-10-14/h4-8,10H,9H2,1-3H3,(H,17,18)(H,19,20). The van der Waals surface area contributed by atoms with Crippen LogP contribution in [0.4, 0.5) is 11.5 Å². The summed E-state index contributed by atoms with van der Waals surface area (Å²) >= 11 is 0. The van der Waals surface area contributed by atoms with Gasteiger partial charge in [-0.1, -0.05) is 23.8 Å². The lowest BCUT2D eigenvalue weighted by molar-refractivity contribution is -0.115. The molecule has 2 rings (SSSR count). The summed E-state index contributed by atoms with van der Waals surface area (Å²) in [6, 6.07) is 9.78. The van der Waals surface area contributed by atoms with Crippen LogP contribution in [0.5, 0.6) is 0 Å². The zero-order chi connectivity index (χ0) is 14.5. The number of hydrogen-bond donors (Lipinski definition) is 2. The predicted octanol–water partition coefficient (Wildman–Crippen LogP) is 2.92. The smallest absolute Gasteiger partial charge is 0.228 e. The lowest BCUT2D eigenvalue weighted by atomic mass is 10.0. The van der Waals surface area contributed by atoms with Crippen molar-refractivity contribution in [1.29, 1.82) is 0 Å². The van der Waals surface area contributed by atoms with Gasteiger partial charge in [0.25, 0.3) is 0 Å². The number of carbonyl (C=O) groups excluding carboxylic acids is 1. The van der Waals surface area contributed by atoms with Crippen molar-refractivity contribution in [2.45, 2.75) is 20.3 Å². The van der Waals surface area contributed by atoms with E-state index in [0.717, 1.165) is 16.9 Å². The van der Waals surface area contributed by atoms with Crippen molar-refractivity contribution in [3.8, 4) is 0 Å². The lowest BCUT2D eigenvalue weighted by Gasteiger charge is -2.08. The number of nitrogens with zero attached hydrogens (tertiary/aromatic N) is 1. The normalized spacial score (nSPS) is 10.2. The van der Waals surface area contributed by atoms with Crippen LogP contribution in [0.1, 0.15) is 16.7 Å². The molecule has 0 spiro atoms. The third-order valence-corrected chi connectivity index (χ3v) is 3.15. The highest BCUT2D eigenvalue weighted by Crippen LogP contribution is 2.13. The summed E-state index contributed by atoms with van der Waals surface area (Å²) < 4.78 is 0. The van der Waals surface area contributed by atoms with E-state index in [1.54, 1.807) is 13.2 Å². The number of amides is 1. The second-order valence-electron chi connectivity index (χ2n) is 4.84. The zero-order valence-corrected chi connectivity index (χ0v) is 12.0. The van der Waals surface area contributed by atoms with Crippen LogP contribution in [0, 0.1) is 13.8 Å². The first-order valence-electron chi connectivity index (χ1n) is 6.58. The zero-order valence-electron chi connectivity index (χ0n) is 12.0. The Bertz CT molecular complexity index is 606. The van der Waals surface area contributed by atoms with Gasteiger partial charge >= 0.3 is 0 Å². The summed E-state index contributed by atoms with van der Waals surface area (Å²) in [5, 5.41) is 5.79. The Morgan fingerprint density at radius 3 is 2.60 bits per heavy atom. The maximum atomic E-state index is 12.0. The van der Waals surface area contributed by atoms with Gasteiger partial charge in [-0.05, 0) is 37.1 Å². The van der Waals surface area contributed by atoms with Crippen LogP contribution in [0.25, 0.3) is 0 Å². The third-order valence-electron chi connectivity index (χ3n) is 3.15. The minimum atomic E-state index is -0.0315. The minimum Gasteiger partial charge on any atom is -0.373 e. The van der Waals surface area contributed by atoms with Crippen LogP contribution < -0.4 is 10.6 Å². The fraction of sp³-hybridized carbons (Fsp3) is 0.250. The number of carbonyl (C=O) groups is 1. The quantitative estimate of drug-likeness (QED) is 0.897. The minimum absolute atomic E-state index is 0.0315. The molecule has 0 radical (unpaired) electrons. The van der Waals surface area contributed by atoms with Crippen LogP contribution >= 0.6 is 0 Å². The van der Waals surface area contributed by atoms with Gasteiger partial charge in [-0.25, -0.2) is 4.98 Å². The van der Waals surface area contributed by atoms with Crippen molar-refractivity contribution in [3.05, 3.63) is 53.2 Å². The molecule has 4 heteroatoms. The predicted molar refractivity (Wildman–Crippen MR) is 82.0 cm³/mol. The number of benzene rings is 1. The highest BCUT2D eigenvalue weighted by atomic mass is 16.1. The molecule has 0 atom stereocenters. The lowest BCUT2D eigenvalue weighted by Crippen LogP contribution is -2.15. The van der Waals surface area contributed by atoms with Crippen LogP contribution in [0.2, 0.25) is 0 Å². The van der Waals surface area contributed by atoms with Gasteiger partial charge in [-0.15, -0.1) is 0 Å². The van der Waals surface area contributed by atoms with E-state index in [0.29, 0.717) is 12.1 Å². The van der Waals surface area contributed by atoms with E-state index >= 15 is 0 Å². The molecule has 1 aromatic heterocycles. The molecule has 0 aliphatic heterocycles. The summed E-state index contributed by atoms with van der Waals surface area (Å²) in [5.74, 6) is 0.744. The Labute approximate surface area is 119 Å². The van der Waals surface area contributed by atoms with Crippen molar-refractivity contribution in [2.24, 2.45) is 0 Å². The molecule has 1 aromatic carbocycles. The number of hydrogen-bond acceptors (Lipinski definition) is 3. The maximum Gasteiger partial charge on any atom is 0.228 e. The Balaban J connectivity index is 2.01. The first kappa shape index (κ1) is 14.1. The summed E-state index contributed by atoms with van der Waals surface area (Å²) in [6.07, 6.45) is 2.02. The van der Waals surface area contributed by atoms with Crippen molar-refractivity contribution in [1.82, 2.24) is 4.98 Å². The molecule has 1 amide bonds. The molecule has 0 aliphatic rings. The molecule has 0 bridgehead atoms. The Kier molecular flexibility index (Phi) is 4.35. The molecule has 0 saturated carbocycles. The first-order valence-corrected chi connectivity index (χ1v) is 6.58. The molecular weight excluding hydrogens is 250 g/mol. The summed E-state index contributed by atoms with van der Waals surface area (Å²) in [7, 11) is 1.81. The van der Waals surface area contributed by atoms with E-state index in [1.165, 1.54) is 5.56 Å². The topological polar surface area (TPSA) is 54.0 Å². The second-order valence-corrected chi connectivity index (χ2v) is 4.84. The SMILES string of the molecule is CNc1ccc(NC(=O)Cc2ccc(C)cc2C)cn1. The summed E-state index contributed by atoms with van der Waals surface area (Å²) in [6.45, 7) is 4.07. The van der Waals surface area contributed by atoms with E-state index in [2.05, 4.69) is 21.7 Å². The largest absolute Gasteiger partial charge is 0.373 e. The molecule has 2 N–H and O–H groups in total. The Morgan fingerprint density at radius 2 is 2.00 bits per heavy atom. The van der Waals surface area contributed by atoms with Gasteiger partial charge in [0.1, 0.15) is 5.82 Å². The number of pyridine rings is 1. The maximum absolute atomic E-state index is 12.0. The van der Waals surface area contributed by atoms with E-state index in [-0.39, 0.29) is 5.91 Å². The molecule has 1 heterocycles. The number of rotatable bonds is 4. The van der Waals surface area contributed by atoms with E-state index < -0.39 is 0 Å². The average Bonchev–Trinajstić information content (AvgIpc) is 2.43. The van der Waals surface area contributed by atoms with Crippen LogP contribution in [-0.4, -0.2) is 17.9 Å². The highest BCUT2D eigenvalue weighted by molar-refractivity contribution is 5.92. The second kappa shape index (κ2) is 6.19. The van der Waals surface area contributed by atoms with Gasteiger partial charge in [0.2, 0.25) is 5.91 Å². The van der Waals surface area contributed by atoms with Crippen molar-refractivity contribution < 1.29 is 4.79 Å². The molecule has 20 heavy (non-hydrogen) atoms. The number of nitrogens with one attached hydrogen (secondary N) is 2. The van der Waals surface area contributed by atoms with Crippen molar-refractivity contribution >= 4 is 17.4 Å². The molecule has 2 aromatic rings. The van der Waals surface area contributed by atoms with Gasteiger partial charge in [0.05, 0.1) is 18.3 Å². The van der Waals surface area contributed by atoms with Gasteiger partial charge in [-0.2, -0.15) is 0 Å². The van der Waals surface area contributed by atoms with Crippen molar-refractivity contribution in [2.75, 3.05) is 17.7 Å². The van der Waals surface area contributed by atoms with E-state index in [1.807, 2.05) is 38.1 Å². The molecule has 104 valence electrons. The van der Waals surface area contributed by atoms with Crippen molar-refractivity contribution in [3.63, 3.8) is 0 Å². The Hall–Kier alpha value is -2.36. The molecule has 4 nitrogen and oxygen atoms in total. The monoisotopic (exact) mass is 269 g/mol. The van der Waals surface area contributed by atoms with Gasteiger partial charge in [-0.3, -0.25) is 4.79 Å². The first-order chi connectivity index (χ1) is 9.58. The van der Waals surface area contributed by atoms with Gasteiger partial charge < -0.3 is 10.6 Å². The fourth-order valence-electron chi connectivity index (χ4n) is 2.04. The number of aromatic nitrogens is 1. The van der Waals surface area contributed by atoms with Crippen LogP contribution in [-0.2, 0) is 11.2 Å². The number of aryl methyl sites for hydroxylation is 2. The van der Waals surface area contributed by atoms with E-state index in [9.17, 15) is 4.79 Å². The number of anilines is 2. The molecular formula is C16H19N3O. The molecule has 0 aliphatic carbocycles. The summed E-state index contributed by atoms with van der Waals surface area (Å²) in [5.41, 5.74) is 4.11. The highest BCUT2D eigenvalue weighted by Gasteiger charge is 2.07.